The summed E-state index contributed by atoms with van der Waals surface area (Å²) in [4.78, 5) is 31.6. The average molecular weight is 369 g/mol. The SMILES string of the molecule is O=C(c1ccc2nc[nH]c2c1)N1CCCC1c1ccnc(-c2ccccc2)n1. The molecule has 28 heavy (non-hydrogen) atoms. The minimum Gasteiger partial charge on any atom is -0.345 e. The second-order valence-electron chi connectivity index (χ2n) is 6.96. The number of likely N-dealkylation sites (tertiary alicyclic amines) is 1. The summed E-state index contributed by atoms with van der Waals surface area (Å²) in [7, 11) is 0. The molecule has 5 rings (SSSR count). The summed E-state index contributed by atoms with van der Waals surface area (Å²) in [6, 6.07) is 17.4. The van der Waals surface area contributed by atoms with E-state index in [1.54, 1.807) is 12.5 Å². The van der Waals surface area contributed by atoms with Crippen LogP contribution in [0.15, 0.2) is 67.1 Å². The lowest BCUT2D eigenvalue weighted by atomic mass is 10.1. The molecule has 0 saturated carbocycles. The Labute approximate surface area is 162 Å². The first-order valence-electron chi connectivity index (χ1n) is 9.42. The second-order valence-corrected chi connectivity index (χ2v) is 6.96. The van der Waals surface area contributed by atoms with Crippen LogP contribution in [0.4, 0.5) is 0 Å². The summed E-state index contributed by atoms with van der Waals surface area (Å²) in [5, 5.41) is 0. The predicted molar refractivity (Wildman–Crippen MR) is 107 cm³/mol. The molecule has 1 fully saturated rings. The van der Waals surface area contributed by atoms with Gasteiger partial charge in [-0.1, -0.05) is 30.3 Å². The van der Waals surface area contributed by atoms with Crippen molar-refractivity contribution in [3.8, 4) is 11.4 Å². The van der Waals surface area contributed by atoms with E-state index in [-0.39, 0.29) is 11.9 Å². The summed E-state index contributed by atoms with van der Waals surface area (Å²) in [6.45, 7) is 0.731. The van der Waals surface area contributed by atoms with Crippen molar-refractivity contribution in [1.82, 2.24) is 24.8 Å². The van der Waals surface area contributed by atoms with Gasteiger partial charge in [0.2, 0.25) is 0 Å². The molecule has 1 amide bonds. The van der Waals surface area contributed by atoms with E-state index < -0.39 is 0 Å². The fraction of sp³-hybridized carbons (Fsp3) is 0.182. The summed E-state index contributed by atoms with van der Waals surface area (Å²) < 4.78 is 0. The Hall–Kier alpha value is -3.54. The average Bonchev–Trinajstić information content (AvgIpc) is 3.43. The van der Waals surface area contributed by atoms with Crippen molar-refractivity contribution in [2.24, 2.45) is 0 Å². The second kappa shape index (κ2) is 6.88. The molecule has 2 aromatic carbocycles. The number of aromatic amines is 1. The quantitative estimate of drug-likeness (QED) is 0.592. The molecule has 1 unspecified atom stereocenters. The van der Waals surface area contributed by atoms with Crippen molar-refractivity contribution in [3.05, 3.63) is 78.4 Å². The van der Waals surface area contributed by atoms with Crippen LogP contribution in [0.5, 0.6) is 0 Å². The fourth-order valence-electron chi connectivity index (χ4n) is 3.84. The normalized spacial score (nSPS) is 16.6. The number of nitrogens with one attached hydrogen (secondary N) is 1. The molecule has 138 valence electrons. The predicted octanol–water partition coefficient (Wildman–Crippen LogP) is 4.00. The number of H-pyrrole nitrogens is 1. The van der Waals surface area contributed by atoms with Crippen LogP contribution in [0.3, 0.4) is 0 Å². The molecule has 0 bridgehead atoms. The van der Waals surface area contributed by atoms with Crippen LogP contribution in [-0.4, -0.2) is 37.3 Å². The topological polar surface area (TPSA) is 74.8 Å². The monoisotopic (exact) mass is 369 g/mol. The van der Waals surface area contributed by atoms with E-state index in [9.17, 15) is 4.79 Å². The van der Waals surface area contributed by atoms with Crippen molar-refractivity contribution in [2.75, 3.05) is 6.54 Å². The number of imidazole rings is 1. The van der Waals surface area contributed by atoms with Gasteiger partial charge in [0.1, 0.15) is 0 Å². The Morgan fingerprint density at radius 1 is 1.07 bits per heavy atom. The highest BCUT2D eigenvalue weighted by atomic mass is 16.2. The molecule has 1 aliphatic heterocycles. The van der Waals surface area contributed by atoms with Crippen molar-refractivity contribution in [2.45, 2.75) is 18.9 Å². The summed E-state index contributed by atoms with van der Waals surface area (Å²) in [5.74, 6) is 0.718. The molecule has 4 aromatic rings. The number of benzene rings is 2. The molecule has 0 spiro atoms. The summed E-state index contributed by atoms with van der Waals surface area (Å²) >= 11 is 0. The van der Waals surface area contributed by atoms with Crippen LogP contribution in [0, 0.1) is 0 Å². The van der Waals surface area contributed by atoms with Gasteiger partial charge in [0.25, 0.3) is 5.91 Å². The molecule has 6 heteroatoms. The highest BCUT2D eigenvalue weighted by Gasteiger charge is 2.32. The Kier molecular flexibility index (Phi) is 4.09. The zero-order valence-electron chi connectivity index (χ0n) is 15.2. The number of carbonyl (C=O) groups excluding carboxylic acids is 1. The van der Waals surface area contributed by atoms with Gasteiger partial charge >= 0.3 is 0 Å². The summed E-state index contributed by atoms with van der Waals surface area (Å²) in [6.07, 6.45) is 5.29. The van der Waals surface area contributed by atoms with Gasteiger partial charge in [0.05, 0.1) is 29.1 Å². The van der Waals surface area contributed by atoms with Gasteiger partial charge in [0.15, 0.2) is 5.82 Å². The van der Waals surface area contributed by atoms with E-state index in [1.807, 2.05) is 59.5 Å². The molecule has 0 aliphatic carbocycles. The Balaban J connectivity index is 1.46. The van der Waals surface area contributed by atoms with E-state index in [0.717, 1.165) is 41.7 Å². The molecule has 1 N–H and O–H groups in total. The van der Waals surface area contributed by atoms with E-state index >= 15 is 0 Å². The van der Waals surface area contributed by atoms with Gasteiger partial charge in [-0.15, -0.1) is 0 Å². The number of fused-ring (bicyclic) bond motifs is 1. The van der Waals surface area contributed by atoms with Gasteiger partial charge in [-0.05, 0) is 37.1 Å². The molecular formula is C22H19N5O. The smallest absolute Gasteiger partial charge is 0.254 e. The minimum atomic E-state index is -0.0320. The molecule has 1 atom stereocenters. The Morgan fingerprint density at radius 3 is 2.86 bits per heavy atom. The number of hydrogen-bond donors (Lipinski definition) is 1. The lowest BCUT2D eigenvalue weighted by Crippen LogP contribution is -2.31. The first-order chi connectivity index (χ1) is 13.8. The van der Waals surface area contributed by atoms with E-state index in [1.165, 1.54) is 0 Å². The van der Waals surface area contributed by atoms with Crippen LogP contribution in [0.25, 0.3) is 22.4 Å². The molecule has 6 nitrogen and oxygen atoms in total. The molecular weight excluding hydrogens is 350 g/mol. The minimum absolute atomic E-state index is 0.0267. The Morgan fingerprint density at radius 2 is 1.96 bits per heavy atom. The number of amides is 1. The first kappa shape index (κ1) is 16.6. The molecule has 1 saturated heterocycles. The zero-order chi connectivity index (χ0) is 18.9. The lowest BCUT2D eigenvalue weighted by molar-refractivity contribution is 0.0733. The van der Waals surface area contributed by atoms with Gasteiger partial charge in [0, 0.05) is 23.9 Å². The van der Waals surface area contributed by atoms with Gasteiger partial charge in [-0.25, -0.2) is 15.0 Å². The fourth-order valence-corrected chi connectivity index (χ4v) is 3.84. The Bertz CT molecular complexity index is 1140. The third-order valence-corrected chi connectivity index (χ3v) is 5.23. The van der Waals surface area contributed by atoms with E-state index in [2.05, 4.69) is 15.0 Å². The van der Waals surface area contributed by atoms with Gasteiger partial charge < -0.3 is 9.88 Å². The maximum atomic E-state index is 13.2. The van der Waals surface area contributed by atoms with Gasteiger partial charge in [-0.2, -0.15) is 0 Å². The molecule has 2 aromatic heterocycles. The van der Waals surface area contributed by atoms with Crippen molar-refractivity contribution >= 4 is 16.9 Å². The number of nitrogens with zero attached hydrogens (tertiary/aromatic N) is 4. The highest BCUT2D eigenvalue weighted by molar-refractivity contribution is 5.97. The number of carbonyl (C=O) groups is 1. The number of rotatable bonds is 3. The standard InChI is InChI=1S/C22H19N5O/c28-22(16-8-9-17-19(13-16)25-14-24-17)27-12-4-7-20(27)18-10-11-23-21(26-18)15-5-2-1-3-6-15/h1-3,5-6,8-11,13-14,20H,4,7,12H2,(H,24,25). The van der Waals surface area contributed by atoms with Crippen molar-refractivity contribution in [1.29, 1.82) is 0 Å². The number of aromatic nitrogens is 4. The highest BCUT2D eigenvalue weighted by Crippen LogP contribution is 2.33. The summed E-state index contributed by atoms with van der Waals surface area (Å²) in [5.41, 5.74) is 4.26. The third kappa shape index (κ3) is 2.93. The van der Waals surface area contributed by atoms with Crippen LogP contribution in [0.2, 0.25) is 0 Å². The van der Waals surface area contributed by atoms with Crippen LogP contribution >= 0.6 is 0 Å². The van der Waals surface area contributed by atoms with Crippen LogP contribution < -0.4 is 0 Å². The largest absolute Gasteiger partial charge is 0.345 e. The van der Waals surface area contributed by atoms with Crippen molar-refractivity contribution < 1.29 is 4.79 Å². The van der Waals surface area contributed by atoms with Crippen LogP contribution in [-0.2, 0) is 0 Å². The van der Waals surface area contributed by atoms with E-state index in [0.29, 0.717) is 11.4 Å². The molecule has 1 aliphatic rings. The maximum Gasteiger partial charge on any atom is 0.254 e. The zero-order valence-corrected chi connectivity index (χ0v) is 15.2. The molecule has 3 heterocycles. The van der Waals surface area contributed by atoms with E-state index in [4.69, 9.17) is 4.98 Å². The first-order valence-corrected chi connectivity index (χ1v) is 9.42. The van der Waals surface area contributed by atoms with Crippen LogP contribution in [0.1, 0.15) is 34.9 Å². The lowest BCUT2D eigenvalue weighted by Gasteiger charge is -2.24. The maximum absolute atomic E-state index is 13.2. The third-order valence-electron chi connectivity index (χ3n) is 5.23. The van der Waals surface area contributed by atoms with Crippen molar-refractivity contribution in [3.63, 3.8) is 0 Å². The molecule has 0 radical (unpaired) electrons. The van der Waals surface area contributed by atoms with Gasteiger partial charge in [-0.3, -0.25) is 4.79 Å². The number of hydrogen-bond acceptors (Lipinski definition) is 4.